The predicted octanol–water partition coefficient (Wildman–Crippen LogP) is 3.21. The highest BCUT2D eigenvalue weighted by Gasteiger charge is 2.01. The van der Waals surface area contributed by atoms with Gasteiger partial charge in [0, 0.05) is 20.5 Å². The van der Waals surface area contributed by atoms with Gasteiger partial charge in [0.15, 0.2) is 0 Å². The van der Waals surface area contributed by atoms with E-state index >= 15 is 0 Å². The van der Waals surface area contributed by atoms with Crippen LogP contribution in [-0.2, 0) is 11.2 Å². The number of ether oxygens (including phenoxy) is 1. The van der Waals surface area contributed by atoms with E-state index in [4.69, 9.17) is 4.74 Å². The second-order valence-electron chi connectivity index (χ2n) is 5.68. The zero-order chi connectivity index (χ0) is 16.2. The van der Waals surface area contributed by atoms with Crippen LogP contribution in [0.2, 0.25) is 0 Å². The zero-order valence-electron chi connectivity index (χ0n) is 14.2. The van der Waals surface area contributed by atoms with Crippen LogP contribution >= 0.6 is 0 Å². The number of hydrogen-bond acceptors (Lipinski definition) is 3. The van der Waals surface area contributed by atoms with Gasteiger partial charge in [-0.25, -0.2) is 0 Å². The van der Waals surface area contributed by atoms with E-state index in [1.54, 1.807) is 18.9 Å². The maximum atomic E-state index is 11.1. The molecule has 0 aromatic heterocycles. The minimum absolute atomic E-state index is 0.0750. The molecule has 0 saturated heterocycles. The van der Waals surface area contributed by atoms with Gasteiger partial charge in [0.25, 0.3) is 0 Å². The fraction of sp³-hybridized carbons (Fsp3) is 0.611. The van der Waals surface area contributed by atoms with Crippen LogP contribution in [0.25, 0.3) is 0 Å². The molecule has 0 aliphatic carbocycles. The van der Waals surface area contributed by atoms with Gasteiger partial charge in [0.2, 0.25) is 5.91 Å². The maximum Gasteiger partial charge on any atom is 0.220 e. The molecule has 4 nitrogen and oxygen atoms in total. The van der Waals surface area contributed by atoms with E-state index in [2.05, 4.69) is 24.4 Å². The van der Waals surface area contributed by atoms with Crippen molar-refractivity contribution in [1.82, 2.24) is 10.2 Å². The van der Waals surface area contributed by atoms with Gasteiger partial charge in [0.1, 0.15) is 5.75 Å². The van der Waals surface area contributed by atoms with E-state index in [0.29, 0.717) is 6.67 Å². The molecule has 4 heteroatoms. The summed E-state index contributed by atoms with van der Waals surface area (Å²) in [6, 6.07) is 8.27. The second kappa shape index (κ2) is 11.1. The Hall–Kier alpha value is -1.55. The van der Waals surface area contributed by atoms with E-state index in [0.717, 1.165) is 31.7 Å². The monoisotopic (exact) mass is 306 g/mol. The molecule has 1 aromatic carbocycles. The largest absolute Gasteiger partial charge is 0.494 e. The van der Waals surface area contributed by atoms with Crippen molar-refractivity contribution < 1.29 is 9.53 Å². The lowest BCUT2D eigenvalue weighted by molar-refractivity contribution is -0.127. The fourth-order valence-corrected chi connectivity index (χ4v) is 2.10. The number of rotatable bonds is 11. The minimum atomic E-state index is 0.0750. The van der Waals surface area contributed by atoms with Gasteiger partial charge >= 0.3 is 0 Å². The molecule has 0 saturated carbocycles. The number of unbranched alkanes of at least 4 members (excludes halogenated alkanes) is 3. The van der Waals surface area contributed by atoms with Crippen molar-refractivity contribution in [3.05, 3.63) is 29.8 Å². The van der Waals surface area contributed by atoms with Crippen molar-refractivity contribution in [2.24, 2.45) is 0 Å². The minimum Gasteiger partial charge on any atom is -0.494 e. The lowest BCUT2D eigenvalue weighted by atomic mass is 10.1. The van der Waals surface area contributed by atoms with Crippen LogP contribution in [0.4, 0.5) is 0 Å². The van der Waals surface area contributed by atoms with Crippen LogP contribution in [0.15, 0.2) is 24.3 Å². The fourth-order valence-electron chi connectivity index (χ4n) is 2.10. The van der Waals surface area contributed by atoms with Crippen molar-refractivity contribution >= 4 is 5.91 Å². The van der Waals surface area contributed by atoms with Crippen LogP contribution in [0, 0.1) is 0 Å². The lowest BCUT2D eigenvalue weighted by Gasteiger charge is -2.15. The quantitative estimate of drug-likeness (QED) is 0.504. The summed E-state index contributed by atoms with van der Waals surface area (Å²) in [6.45, 7) is 6.02. The average molecular weight is 306 g/mol. The maximum absolute atomic E-state index is 11.1. The third kappa shape index (κ3) is 8.03. The van der Waals surface area contributed by atoms with Crippen molar-refractivity contribution in [2.75, 3.05) is 26.9 Å². The Balaban J connectivity index is 2.24. The smallest absolute Gasteiger partial charge is 0.220 e. The Bertz CT molecular complexity index is 435. The Morgan fingerprint density at radius 2 is 2.09 bits per heavy atom. The van der Waals surface area contributed by atoms with Gasteiger partial charge in [-0.05, 0) is 30.5 Å². The van der Waals surface area contributed by atoms with Crippen LogP contribution < -0.4 is 10.1 Å². The van der Waals surface area contributed by atoms with Gasteiger partial charge in [-0.1, -0.05) is 38.3 Å². The van der Waals surface area contributed by atoms with Crippen LogP contribution in [-0.4, -0.2) is 37.7 Å². The number of benzene rings is 1. The van der Waals surface area contributed by atoms with E-state index in [1.807, 2.05) is 12.1 Å². The summed E-state index contributed by atoms with van der Waals surface area (Å²) < 4.78 is 5.80. The summed E-state index contributed by atoms with van der Waals surface area (Å²) >= 11 is 0. The molecule has 0 atom stereocenters. The highest BCUT2D eigenvalue weighted by atomic mass is 16.5. The number of carbonyl (C=O) groups excluding carboxylic acids is 1. The Labute approximate surface area is 134 Å². The molecule has 1 N–H and O–H groups in total. The second-order valence-corrected chi connectivity index (χ2v) is 5.68. The van der Waals surface area contributed by atoms with E-state index < -0.39 is 0 Å². The van der Waals surface area contributed by atoms with Gasteiger partial charge in [0.05, 0.1) is 13.3 Å². The van der Waals surface area contributed by atoms with Crippen LogP contribution in [0.5, 0.6) is 5.75 Å². The molecular weight excluding hydrogens is 276 g/mol. The topological polar surface area (TPSA) is 41.6 Å². The van der Waals surface area contributed by atoms with Gasteiger partial charge in [-0.15, -0.1) is 0 Å². The summed E-state index contributed by atoms with van der Waals surface area (Å²) in [7, 11) is 1.79. The third-order valence-corrected chi connectivity index (χ3v) is 3.64. The van der Waals surface area contributed by atoms with Crippen LogP contribution in [0.1, 0.15) is 45.1 Å². The number of carbonyl (C=O) groups is 1. The molecule has 0 bridgehead atoms. The number of nitrogens with zero attached hydrogens (tertiary/aromatic N) is 1. The van der Waals surface area contributed by atoms with Gasteiger partial charge in [-0.3, -0.25) is 10.1 Å². The molecule has 0 unspecified atom stereocenters. The first-order valence-corrected chi connectivity index (χ1v) is 8.27. The molecule has 0 aliphatic heterocycles. The van der Waals surface area contributed by atoms with E-state index in [9.17, 15) is 4.79 Å². The average Bonchev–Trinajstić information content (AvgIpc) is 2.51. The highest BCUT2D eigenvalue weighted by molar-refractivity contribution is 5.72. The number of hydrogen-bond donors (Lipinski definition) is 1. The molecule has 1 amide bonds. The number of amides is 1. The first kappa shape index (κ1) is 18.5. The third-order valence-electron chi connectivity index (χ3n) is 3.64. The van der Waals surface area contributed by atoms with Crippen molar-refractivity contribution in [3.63, 3.8) is 0 Å². The SMILES string of the molecule is CCCCCCOc1cccc(CCNCN(C)C(C)=O)c1. The molecule has 1 aromatic rings. The molecule has 0 heterocycles. The summed E-state index contributed by atoms with van der Waals surface area (Å²) in [5.41, 5.74) is 1.25. The van der Waals surface area contributed by atoms with Crippen molar-refractivity contribution in [2.45, 2.75) is 46.0 Å². The normalized spacial score (nSPS) is 10.5. The molecule has 22 heavy (non-hydrogen) atoms. The van der Waals surface area contributed by atoms with Gasteiger partial charge in [-0.2, -0.15) is 0 Å². The summed E-state index contributed by atoms with van der Waals surface area (Å²) in [6.07, 6.45) is 5.82. The van der Waals surface area contributed by atoms with Crippen molar-refractivity contribution in [3.8, 4) is 5.75 Å². The summed E-state index contributed by atoms with van der Waals surface area (Å²) in [5.74, 6) is 1.03. The first-order valence-electron chi connectivity index (χ1n) is 8.27. The Kier molecular flexibility index (Phi) is 9.31. The molecule has 124 valence electrons. The molecule has 0 spiro atoms. The predicted molar refractivity (Wildman–Crippen MR) is 91.1 cm³/mol. The molecule has 0 radical (unpaired) electrons. The Morgan fingerprint density at radius 1 is 1.27 bits per heavy atom. The first-order chi connectivity index (χ1) is 10.6. The standard InChI is InChI=1S/C18H30N2O2/c1-4-5-6-7-13-22-18-10-8-9-17(14-18)11-12-19-15-20(3)16(2)21/h8-10,14,19H,4-7,11-13,15H2,1-3H3. The highest BCUT2D eigenvalue weighted by Crippen LogP contribution is 2.14. The molecule has 0 aliphatic rings. The zero-order valence-corrected chi connectivity index (χ0v) is 14.2. The van der Waals surface area contributed by atoms with E-state index in [-0.39, 0.29) is 5.91 Å². The number of nitrogens with one attached hydrogen (secondary N) is 1. The van der Waals surface area contributed by atoms with E-state index in [1.165, 1.54) is 24.8 Å². The molecule has 1 rings (SSSR count). The Morgan fingerprint density at radius 3 is 2.82 bits per heavy atom. The van der Waals surface area contributed by atoms with Crippen molar-refractivity contribution in [1.29, 1.82) is 0 Å². The molecule has 0 fully saturated rings. The summed E-state index contributed by atoms with van der Waals surface area (Å²) in [5, 5.41) is 3.27. The van der Waals surface area contributed by atoms with Crippen LogP contribution in [0.3, 0.4) is 0 Å². The van der Waals surface area contributed by atoms with Gasteiger partial charge < -0.3 is 9.64 Å². The molecular formula is C18H30N2O2. The summed E-state index contributed by atoms with van der Waals surface area (Å²) in [4.78, 5) is 12.8. The lowest BCUT2D eigenvalue weighted by Crippen LogP contribution is -2.35.